The van der Waals surface area contributed by atoms with E-state index in [9.17, 15) is 4.79 Å². The molecule has 0 bridgehead atoms. The molecule has 0 aliphatic carbocycles. The molecule has 9 heteroatoms. The Morgan fingerprint density at radius 2 is 2.16 bits per heavy atom. The lowest BCUT2D eigenvalue weighted by Gasteiger charge is -2.31. The van der Waals surface area contributed by atoms with Gasteiger partial charge in [0, 0.05) is 20.1 Å². The smallest absolute Gasteiger partial charge is 0.323 e. The van der Waals surface area contributed by atoms with Gasteiger partial charge < -0.3 is 14.5 Å². The molecule has 0 spiro atoms. The lowest BCUT2D eigenvalue weighted by Crippen LogP contribution is -2.49. The number of carbonyl (C=O) groups is 1. The first-order chi connectivity index (χ1) is 9.13. The fourth-order valence-corrected chi connectivity index (χ4v) is 1.67. The highest BCUT2D eigenvalue weighted by molar-refractivity contribution is 5.81. The van der Waals surface area contributed by atoms with E-state index in [0.29, 0.717) is 25.6 Å². The first-order valence-electron chi connectivity index (χ1n) is 5.98. The highest BCUT2D eigenvalue weighted by Crippen LogP contribution is 2.16. The third kappa shape index (κ3) is 2.99. The van der Waals surface area contributed by atoms with E-state index < -0.39 is 0 Å². The number of ether oxygens (including phenoxy) is 1. The molecule has 1 aromatic heterocycles. The summed E-state index contributed by atoms with van der Waals surface area (Å²) in [6.07, 6.45) is 0. The Kier molecular flexibility index (Phi) is 3.95. The van der Waals surface area contributed by atoms with Crippen LogP contribution in [0, 0.1) is 0 Å². The van der Waals surface area contributed by atoms with Crippen LogP contribution in [0.2, 0.25) is 0 Å². The zero-order chi connectivity index (χ0) is 13.8. The Bertz CT molecular complexity index is 467. The number of aromatic nitrogens is 3. The molecule has 9 nitrogen and oxygen atoms in total. The minimum Gasteiger partial charge on any atom is -0.464 e. The number of amides is 1. The molecule has 2 rings (SSSR count). The number of hydrogen-bond acceptors (Lipinski definition) is 8. The van der Waals surface area contributed by atoms with Gasteiger partial charge in [-0.3, -0.25) is 10.2 Å². The number of nitrogen functional groups attached to an aromatic ring is 1. The molecule has 0 atom stereocenters. The molecule has 1 amide bonds. The van der Waals surface area contributed by atoms with Crippen LogP contribution in [0.4, 0.5) is 11.9 Å². The van der Waals surface area contributed by atoms with E-state index in [2.05, 4.69) is 20.4 Å². The van der Waals surface area contributed by atoms with Gasteiger partial charge in [0.25, 0.3) is 0 Å². The largest absolute Gasteiger partial charge is 0.464 e. The molecule has 19 heavy (non-hydrogen) atoms. The maximum atomic E-state index is 11.7. The van der Waals surface area contributed by atoms with Crippen molar-refractivity contribution in [1.82, 2.24) is 19.9 Å². The highest BCUT2D eigenvalue weighted by Gasteiger charge is 2.24. The Labute approximate surface area is 110 Å². The fourth-order valence-electron chi connectivity index (χ4n) is 1.67. The van der Waals surface area contributed by atoms with E-state index in [1.54, 1.807) is 16.8 Å². The van der Waals surface area contributed by atoms with Gasteiger partial charge >= 0.3 is 6.01 Å². The van der Waals surface area contributed by atoms with Gasteiger partial charge in [-0.15, -0.1) is 0 Å². The van der Waals surface area contributed by atoms with Crippen LogP contribution in [0.25, 0.3) is 0 Å². The highest BCUT2D eigenvalue weighted by atomic mass is 16.5. The SMILES string of the molecule is CCOc1nc(NN)nc(N2CCN(C)C(=O)C2)n1. The van der Waals surface area contributed by atoms with Crippen LogP contribution in [0.5, 0.6) is 6.01 Å². The summed E-state index contributed by atoms with van der Waals surface area (Å²) in [5, 5.41) is 0. The van der Waals surface area contributed by atoms with Crippen LogP contribution in [0.3, 0.4) is 0 Å². The number of nitrogens with one attached hydrogen (secondary N) is 1. The average Bonchev–Trinajstić information content (AvgIpc) is 2.42. The molecule has 1 aliphatic rings. The van der Waals surface area contributed by atoms with Crippen molar-refractivity contribution >= 4 is 17.8 Å². The molecule has 2 heterocycles. The lowest BCUT2D eigenvalue weighted by molar-refractivity contribution is -0.129. The van der Waals surface area contributed by atoms with E-state index >= 15 is 0 Å². The maximum absolute atomic E-state index is 11.7. The number of hydrazine groups is 1. The summed E-state index contributed by atoms with van der Waals surface area (Å²) in [6.45, 7) is 3.78. The third-order valence-corrected chi connectivity index (χ3v) is 2.75. The molecule has 0 aromatic carbocycles. The van der Waals surface area contributed by atoms with Gasteiger partial charge in [-0.25, -0.2) is 5.84 Å². The van der Waals surface area contributed by atoms with Gasteiger partial charge in [0.05, 0.1) is 13.2 Å². The van der Waals surface area contributed by atoms with Crippen LogP contribution in [-0.4, -0.2) is 59.0 Å². The molecule has 1 aliphatic heterocycles. The summed E-state index contributed by atoms with van der Waals surface area (Å²) in [4.78, 5) is 27.4. The monoisotopic (exact) mass is 267 g/mol. The average molecular weight is 267 g/mol. The third-order valence-electron chi connectivity index (χ3n) is 2.75. The predicted molar refractivity (Wildman–Crippen MR) is 68.7 cm³/mol. The Hall–Kier alpha value is -2.16. The molecule has 1 saturated heterocycles. The second-order valence-electron chi connectivity index (χ2n) is 4.06. The standard InChI is InChI=1S/C10H17N7O2/c1-3-19-10-13-8(15-11)12-9(14-10)17-5-4-16(2)7(18)6-17/h3-6,11H2,1-2H3,(H,12,13,14,15). The Balaban J connectivity index is 2.23. The van der Waals surface area contributed by atoms with Crippen molar-refractivity contribution in [2.45, 2.75) is 6.92 Å². The molecule has 104 valence electrons. The fraction of sp³-hybridized carbons (Fsp3) is 0.600. The maximum Gasteiger partial charge on any atom is 0.323 e. The summed E-state index contributed by atoms with van der Waals surface area (Å²) in [5.74, 6) is 5.92. The van der Waals surface area contributed by atoms with Crippen molar-refractivity contribution in [2.75, 3.05) is 43.6 Å². The number of carbonyl (C=O) groups excluding carboxylic acids is 1. The molecule has 3 N–H and O–H groups in total. The van der Waals surface area contributed by atoms with Gasteiger partial charge in [0.15, 0.2) is 0 Å². The quantitative estimate of drug-likeness (QED) is 0.519. The zero-order valence-corrected chi connectivity index (χ0v) is 11.0. The van der Waals surface area contributed by atoms with E-state index in [4.69, 9.17) is 10.6 Å². The van der Waals surface area contributed by atoms with Gasteiger partial charge in [-0.2, -0.15) is 15.0 Å². The molecular weight excluding hydrogens is 250 g/mol. The van der Waals surface area contributed by atoms with Crippen molar-refractivity contribution in [1.29, 1.82) is 0 Å². The Morgan fingerprint density at radius 3 is 2.79 bits per heavy atom. The van der Waals surface area contributed by atoms with Crippen molar-refractivity contribution in [2.24, 2.45) is 5.84 Å². The molecular formula is C10H17N7O2. The van der Waals surface area contributed by atoms with Crippen LogP contribution in [0.1, 0.15) is 6.92 Å². The summed E-state index contributed by atoms with van der Waals surface area (Å²) < 4.78 is 5.25. The van der Waals surface area contributed by atoms with E-state index in [1.807, 2.05) is 6.92 Å². The van der Waals surface area contributed by atoms with E-state index in [1.165, 1.54) is 0 Å². The van der Waals surface area contributed by atoms with Gasteiger partial charge in [-0.1, -0.05) is 0 Å². The molecule has 0 unspecified atom stereocenters. The van der Waals surface area contributed by atoms with Crippen molar-refractivity contribution < 1.29 is 9.53 Å². The van der Waals surface area contributed by atoms with Gasteiger partial charge in [0.1, 0.15) is 0 Å². The van der Waals surface area contributed by atoms with Crippen LogP contribution >= 0.6 is 0 Å². The summed E-state index contributed by atoms with van der Waals surface area (Å²) >= 11 is 0. The van der Waals surface area contributed by atoms with Gasteiger partial charge in [-0.05, 0) is 6.92 Å². The number of nitrogens with two attached hydrogens (primary N) is 1. The first-order valence-corrected chi connectivity index (χ1v) is 5.98. The predicted octanol–water partition coefficient (Wildman–Crippen LogP) is -1.17. The summed E-state index contributed by atoms with van der Waals surface area (Å²) in [7, 11) is 1.77. The first kappa shape index (κ1) is 13.3. The molecule has 0 radical (unpaired) electrons. The van der Waals surface area contributed by atoms with Crippen LogP contribution in [-0.2, 0) is 4.79 Å². The minimum absolute atomic E-state index is 0.0203. The number of hydrogen-bond donors (Lipinski definition) is 2. The molecule has 1 aromatic rings. The normalized spacial score (nSPS) is 15.6. The van der Waals surface area contributed by atoms with Crippen molar-refractivity contribution in [3.8, 4) is 6.01 Å². The zero-order valence-electron chi connectivity index (χ0n) is 11.0. The Morgan fingerprint density at radius 1 is 1.37 bits per heavy atom. The minimum atomic E-state index is 0.0203. The van der Waals surface area contributed by atoms with E-state index in [-0.39, 0.29) is 24.4 Å². The van der Waals surface area contributed by atoms with Crippen molar-refractivity contribution in [3.05, 3.63) is 0 Å². The second kappa shape index (κ2) is 5.65. The number of rotatable bonds is 4. The van der Waals surface area contributed by atoms with Gasteiger partial charge in [0.2, 0.25) is 17.8 Å². The topological polar surface area (TPSA) is 109 Å². The molecule has 1 fully saturated rings. The van der Waals surface area contributed by atoms with Crippen molar-refractivity contribution in [3.63, 3.8) is 0 Å². The number of anilines is 2. The van der Waals surface area contributed by atoms with Crippen LogP contribution < -0.4 is 20.9 Å². The second-order valence-corrected chi connectivity index (χ2v) is 4.06. The summed E-state index contributed by atoms with van der Waals surface area (Å²) in [6, 6.07) is 0.187. The van der Waals surface area contributed by atoms with Crippen LogP contribution in [0.15, 0.2) is 0 Å². The van der Waals surface area contributed by atoms with E-state index in [0.717, 1.165) is 0 Å². The number of piperazine rings is 1. The number of likely N-dealkylation sites (N-methyl/N-ethyl adjacent to an activating group) is 1. The molecule has 0 saturated carbocycles. The summed E-state index contributed by atoms with van der Waals surface area (Å²) in [5.41, 5.74) is 2.36. The number of nitrogens with zero attached hydrogens (tertiary/aromatic N) is 5. The lowest BCUT2D eigenvalue weighted by atomic mass is 10.3.